The molecule has 2 rings (SSSR count). The van der Waals surface area contributed by atoms with Crippen LogP contribution in [0.3, 0.4) is 0 Å². The molecule has 0 bridgehead atoms. The van der Waals surface area contributed by atoms with Crippen molar-refractivity contribution in [2.45, 2.75) is 26.3 Å². The highest BCUT2D eigenvalue weighted by Crippen LogP contribution is 2.24. The van der Waals surface area contributed by atoms with Gasteiger partial charge in [0.05, 0.1) is 12.1 Å². The minimum absolute atomic E-state index is 0. The molecule has 0 amide bonds. The number of furan rings is 1. The van der Waals surface area contributed by atoms with Gasteiger partial charge in [0.25, 0.3) is 0 Å². The molecule has 0 spiro atoms. The van der Waals surface area contributed by atoms with Crippen molar-refractivity contribution in [3.8, 4) is 11.3 Å². The van der Waals surface area contributed by atoms with Crippen molar-refractivity contribution in [2.24, 2.45) is 0 Å². The van der Waals surface area contributed by atoms with E-state index in [0.717, 1.165) is 18.7 Å². The van der Waals surface area contributed by atoms with Crippen molar-refractivity contribution < 1.29 is 8.81 Å². The smallest absolute Gasteiger partial charge is 0.137 e. The fourth-order valence-corrected chi connectivity index (χ4v) is 1.79. The van der Waals surface area contributed by atoms with E-state index in [-0.39, 0.29) is 18.2 Å². The Labute approximate surface area is 119 Å². The Morgan fingerprint density at radius 3 is 2.68 bits per heavy atom. The molecular formula is C15H19ClFNO. The summed E-state index contributed by atoms with van der Waals surface area (Å²) in [6.07, 6.45) is 2.33. The van der Waals surface area contributed by atoms with Crippen LogP contribution >= 0.6 is 12.4 Å². The molecule has 1 aromatic carbocycles. The van der Waals surface area contributed by atoms with Crippen LogP contribution in [0, 0.1) is 5.82 Å². The molecule has 0 aliphatic heterocycles. The van der Waals surface area contributed by atoms with Gasteiger partial charge in [0.15, 0.2) is 0 Å². The average Bonchev–Trinajstić information content (AvgIpc) is 2.84. The number of unbranched alkanes of at least 4 members (excludes halogenated alkanes) is 1. The lowest BCUT2D eigenvalue weighted by Gasteiger charge is -2.01. The summed E-state index contributed by atoms with van der Waals surface area (Å²) in [5.41, 5.74) is 0.511. The van der Waals surface area contributed by atoms with E-state index in [4.69, 9.17) is 4.42 Å². The molecular weight excluding hydrogens is 265 g/mol. The molecule has 0 saturated carbocycles. The van der Waals surface area contributed by atoms with Crippen LogP contribution in [0.2, 0.25) is 0 Å². The van der Waals surface area contributed by atoms with Gasteiger partial charge in [0, 0.05) is 0 Å². The maximum atomic E-state index is 13.6. The maximum Gasteiger partial charge on any atom is 0.137 e. The molecule has 0 aliphatic rings. The standard InChI is InChI=1S/C15H18FNO.ClH/c1-2-3-10-17-11-12-8-9-15(18-12)13-6-4-5-7-14(13)16;/h4-9,17H,2-3,10-11H2,1H3;1H. The van der Waals surface area contributed by atoms with Crippen LogP contribution in [0.5, 0.6) is 0 Å². The van der Waals surface area contributed by atoms with Crippen LogP contribution in [0.15, 0.2) is 40.8 Å². The zero-order valence-corrected chi connectivity index (χ0v) is 11.8. The first-order valence-electron chi connectivity index (χ1n) is 6.35. The van der Waals surface area contributed by atoms with Crippen molar-refractivity contribution in [1.82, 2.24) is 5.32 Å². The van der Waals surface area contributed by atoms with Crippen LogP contribution < -0.4 is 5.32 Å². The van der Waals surface area contributed by atoms with E-state index in [1.54, 1.807) is 18.2 Å². The summed E-state index contributed by atoms with van der Waals surface area (Å²) in [5, 5.41) is 3.29. The molecule has 104 valence electrons. The van der Waals surface area contributed by atoms with Crippen LogP contribution in [0.1, 0.15) is 25.5 Å². The van der Waals surface area contributed by atoms with E-state index < -0.39 is 0 Å². The van der Waals surface area contributed by atoms with Crippen molar-refractivity contribution in [3.05, 3.63) is 48.0 Å². The first kappa shape index (κ1) is 15.7. The third-order valence-electron chi connectivity index (χ3n) is 2.81. The van der Waals surface area contributed by atoms with Gasteiger partial charge in [-0.05, 0) is 37.2 Å². The topological polar surface area (TPSA) is 25.2 Å². The molecule has 1 heterocycles. The van der Waals surface area contributed by atoms with Gasteiger partial charge in [0.1, 0.15) is 17.3 Å². The predicted molar refractivity (Wildman–Crippen MR) is 78.0 cm³/mol. The number of hydrogen-bond acceptors (Lipinski definition) is 2. The third kappa shape index (κ3) is 4.37. The molecule has 0 saturated heterocycles. The summed E-state index contributed by atoms with van der Waals surface area (Å²) < 4.78 is 19.2. The van der Waals surface area contributed by atoms with Gasteiger partial charge in [-0.3, -0.25) is 0 Å². The molecule has 1 N–H and O–H groups in total. The van der Waals surface area contributed by atoms with E-state index in [1.165, 1.54) is 12.5 Å². The Balaban J connectivity index is 0.00000180. The van der Waals surface area contributed by atoms with Crippen LogP contribution in [-0.4, -0.2) is 6.54 Å². The molecule has 19 heavy (non-hydrogen) atoms. The molecule has 0 radical (unpaired) electrons. The lowest BCUT2D eigenvalue weighted by Crippen LogP contribution is -2.13. The van der Waals surface area contributed by atoms with Crippen LogP contribution in [0.4, 0.5) is 4.39 Å². The Kier molecular flexibility index (Phi) is 6.60. The molecule has 4 heteroatoms. The summed E-state index contributed by atoms with van der Waals surface area (Å²) in [7, 11) is 0. The van der Waals surface area contributed by atoms with E-state index in [2.05, 4.69) is 12.2 Å². The Bertz CT molecular complexity index is 498. The Morgan fingerprint density at radius 1 is 1.16 bits per heavy atom. The molecule has 2 nitrogen and oxygen atoms in total. The molecule has 1 aromatic heterocycles. The van der Waals surface area contributed by atoms with Crippen molar-refractivity contribution in [1.29, 1.82) is 0 Å². The fourth-order valence-electron chi connectivity index (χ4n) is 1.79. The molecule has 0 atom stereocenters. The molecule has 0 aliphatic carbocycles. The predicted octanol–water partition coefficient (Wildman–Crippen LogP) is 4.40. The first-order chi connectivity index (χ1) is 8.81. The highest BCUT2D eigenvalue weighted by Gasteiger charge is 2.08. The second kappa shape index (κ2) is 7.97. The quantitative estimate of drug-likeness (QED) is 0.795. The second-order valence-electron chi connectivity index (χ2n) is 4.28. The largest absolute Gasteiger partial charge is 0.460 e. The minimum atomic E-state index is -0.252. The summed E-state index contributed by atoms with van der Waals surface area (Å²) in [5.74, 6) is 1.17. The molecule has 2 aromatic rings. The zero-order valence-electron chi connectivity index (χ0n) is 11.0. The third-order valence-corrected chi connectivity index (χ3v) is 2.81. The monoisotopic (exact) mass is 283 g/mol. The highest BCUT2D eigenvalue weighted by atomic mass is 35.5. The van der Waals surface area contributed by atoms with Gasteiger partial charge < -0.3 is 9.73 Å². The summed E-state index contributed by atoms with van der Waals surface area (Å²) >= 11 is 0. The Morgan fingerprint density at radius 2 is 1.95 bits per heavy atom. The van der Waals surface area contributed by atoms with Gasteiger partial charge >= 0.3 is 0 Å². The highest BCUT2D eigenvalue weighted by molar-refractivity contribution is 5.85. The van der Waals surface area contributed by atoms with Gasteiger partial charge in [-0.1, -0.05) is 25.5 Å². The van der Waals surface area contributed by atoms with Gasteiger partial charge in [-0.25, -0.2) is 4.39 Å². The maximum absolute atomic E-state index is 13.6. The number of benzene rings is 1. The fraction of sp³-hybridized carbons (Fsp3) is 0.333. The van der Waals surface area contributed by atoms with Crippen molar-refractivity contribution in [3.63, 3.8) is 0 Å². The average molecular weight is 284 g/mol. The van der Waals surface area contributed by atoms with E-state index in [0.29, 0.717) is 17.9 Å². The normalized spacial score (nSPS) is 10.2. The number of hydrogen-bond donors (Lipinski definition) is 1. The number of halogens is 2. The van der Waals surface area contributed by atoms with Gasteiger partial charge in [-0.15, -0.1) is 12.4 Å². The molecule has 0 fully saturated rings. The lowest BCUT2D eigenvalue weighted by molar-refractivity contribution is 0.487. The van der Waals surface area contributed by atoms with E-state index in [9.17, 15) is 4.39 Å². The van der Waals surface area contributed by atoms with Gasteiger partial charge in [-0.2, -0.15) is 0 Å². The van der Waals surface area contributed by atoms with E-state index >= 15 is 0 Å². The first-order valence-corrected chi connectivity index (χ1v) is 6.35. The zero-order chi connectivity index (χ0) is 12.8. The number of rotatable bonds is 6. The molecule has 0 unspecified atom stereocenters. The summed E-state index contributed by atoms with van der Waals surface area (Å²) in [6.45, 7) is 3.82. The SMILES string of the molecule is CCCCNCc1ccc(-c2ccccc2F)o1.Cl. The van der Waals surface area contributed by atoms with Gasteiger partial charge in [0.2, 0.25) is 0 Å². The summed E-state index contributed by atoms with van der Waals surface area (Å²) in [4.78, 5) is 0. The minimum Gasteiger partial charge on any atom is -0.460 e. The van der Waals surface area contributed by atoms with Crippen LogP contribution in [-0.2, 0) is 6.54 Å². The Hall–Kier alpha value is -1.32. The summed E-state index contributed by atoms with van der Waals surface area (Å²) in [6, 6.07) is 10.4. The second-order valence-corrected chi connectivity index (χ2v) is 4.28. The number of nitrogens with one attached hydrogen (secondary N) is 1. The van der Waals surface area contributed by atoms with E-state index in [1.807, 2.05) is 12.1 Å². The lowest BCUT2D eigenvalue weighted by atomic mass is 10.1. The van der Waals surface area contributed by atoms with Crippen LogP contribution in [0.25, 0.3) is 11.3 Å². The van der Waals surface area contributed by atoms with Crippen molar-refractivity contribution in [2.75, 3.05) is 6.54 Å². The van der Waals surface area contributed by atoms with Crippen molar-refractivity contribution >= 4 is 12.4 Å².